The first-order valence-electron chi connectivity index (χ1n) is 12.7. The molecule has 1 amide bonds. The number of methoxy groups -OCH3 is 1. The summed E-state index contributed by atoms with van der Waals surface area (Å²) < 4.78 is 33.5. The number of nitrogens with zero attached hydrogens (tertiary/aromatic N) is 2. The normalized spacial score (nSPS) is 18.1. The van der Waals surface area contributed by atoms with Crippen molar-refractivity contribution in [1.29, 1.82) is 0 Å². The summed E-state index contributed by atoms with van der Waals surface area (Å²) in [5, 5.41) is 2.99. The van der Waals surface area contributed by atoms with Crippen molar-refractivity contribution in [2.24, 2.45) is 0 Å². The average Bonchev–Trinajstić information content (AvgIpc) is 3.18. The summed E-state index contributed by atoms with van der Waals surface area (Å²) in [5.41, 5.74) is 2.51. The number of piperidine rings is 1. The van der Waals surface area contributed by atoms with Gasteiger partial charge in [0, 0.05) is 26.2 Å². The van der Waals surface area contributed by atoms with Crippen molar-refractivity contribution < 1.29 is 17.9 Å². The van der Waals surface area contributed by atoms with Crippen LogP contribution in [0.3, 0.4) is 0 Å². The molecule has 7 nitrogen and oxygen atoms in total. The van der Waals surface area contributed by atoms with Gasteiger partial charge < -0.3 is 10.1 Å². The van der Waals surface area contributed by atoms with Crippen molar-refractivity contribution in [1.82, 2.24) is 14.5 Å². The van der Waals surface area contributed by atoms with Gasteiger partial charge in [-0.15, -0.1) is 0 Å². The SMILES string of the molecule is COc1ccc(S(=O)(=O)N2CCCCCC2)cc1C(=O)NCc1ccccc1CN1CCCCC1. The third-order valence-corrected chi connectivity index (χ3v) is 8.91. The van der Waals surface area contributed by atoms with Crippen molar-refractivity contribution in [2.45, 2.75) is 62.9 Å². The first-order chi connectivity index (χ1) is 17.0. The number of sulfonamides is 1. The molecule has 2 saturated heterocycles. The molecule has 0 radical (unpaired) electrons. The first kappa shape index (κ1) is 25.7. The van der Waals surface area contributed by atoms with Crippen LogP contribution < -0.4 is 10.1 Å². The van der Waals surface area contributed by atoms with Gasteiger partial charge >= 0.3 is 0 Å². The number of ether oxygens (including phenoxy) is 1. The molecule has 2 aliphatic heterocycles. The highest BCUT2D eigenvalue weighted by Crippen LogP contribution is 2.26. The Morgan fingerprint density at radius 1 is 0.886 bits per heavy atom. The van der Waals surface area contributed by atoms with E-state index in [-0.39, 0.29) is 16.4 Å². The van der Waals surface area contributed by atoms with Gasteiger partial charge in [-0.25, -0.2) is 8.42 Å². The van der Waals surface area contributed by atoms with Gasteiger partial charge in [-0.1, -0.05) is 43.5 Å². The van der Waals surface area contributed by atoms with Crippen LogP contribution in [-0.4, -0.2) is 56.8 Å². The zero-order valence-electron chi connectivity index (χ0n) is 20.7. The number of benzene rings is 2. The predicted molar refractivity (Wildman–Crippen MR) is 137 cm³/mol. The molecule has 2 aliphatic rings. The van der Waals surface area contributed by atoms with Gasteiger partial charge in [0.2, 0.25) is 10.0 Å². The Balaban J connectivity index is 1.50. The number of amides is 1. The predicted octanol–water partition coefficient (Wildman–Crippen LogP) is 4.18. The molecule has 35 heavy (non-hydrogen) atoms. The number of likely N-dealkylation sites (tertiary alicyclic amines) is 1. The second-order valence-electron chi connectivity index (χ2n) is 9.47. The highest BCUT2D eigenvalue weighted by atomic mass is 32.2. The van der Waals surface area contributed by atoms with E-state index >= 15 is 0 Å². The third-order valence-electron chi connectivity index (χ3n) is 7.02. The van der Waals surface area contributed by atoms with Crippen LogP contribution in [0.15, 0.2) is 47.4 Å². The van der Waals surface area contributed by atoms with E-state index in [2.05, 4.69) is 16.3 Å². The Hall–Kier alpha value is -2.42. The highest BCUT2D eigenvalue weighted by molar-refractivity contribution is 7.89. The second kappa shape index (κ2) is 12.0. The Labute approximate surface area is 209 Å². The van der Waals surface area contributed by atoms with Gasteiger partial charge in [0.25, 0.3) is 5.91 Å². The molecule has 2 fully saturated rings. The number of carbonyl (C=O) groups is 1. The lowest BCUT2D eigenvalue weighted by molar-refractivity contribution is 0.0947. The summed E-state index contributed by atoms with van der Waals surface area (Å²) in [7, 11) is -2.18. The summed E-state index contributed by atoms with van der Waals surface area (Å²) in [6, 6.07) is 12.7. The summed E-state index contributed by atoms with van der Waals surface area (Å²) >= 11 is 0. The Morgan fingerprint density at radius 3 is 2.20 bits per heavy atom. The molecule has 190 valence electrons. The van der Waals surface area contributed by atoms with Crippen molar-refractivity contribution in [3.63, 3.8) is 0 Å². The fourth-order valence-electron chi connectivity index (χ4n) is 4.97. The molecule has 0 spiro atoms. The standard InChI is InChI=1S/C27H37N3O4S/c1-34-26-14-13-24(35(32,33)30-17-9-2-3-10-18-30)19-25(26)27(31)28-20-22-11-5-6-12-23(22)21-29-15-7-4-8-16-29/h5-6,11-14,19H,2-4,7-10,15-18,20-21H2,1H3,(H,28,31). The minimum Gasteiger partial charge on any atom is -0.496 e. The van der Waals surface area contributed by atoms with Gasteiger partial charge in [0.1, 0.15) is 5.75 Å². The maximum absolute atomic E-state index is 13.3. The van der Waals surface area contributed by atoms with Gasteiger partial charge in [0.05, 0.1) is 17.6 Å². The van der Waals surface area contributed by atoms with E-state index in [0.29, 0.717) is 25.4 Å². The number of carbonyl (C=O) groups excluding carboxylic acids is 1. The fraction of sp³-hybridized carbons (Fsp3) is 0.519. The zero-order valence-corrected chi connectivity index (χ0v) is 21.5. The Kier molecular flexibility index (Phi) is 8.81. The first-order valence-corrected chi connectivity index (χ1v) is 14.2. The Bertz CT molecular complexity index is 1110. The van der Waals surface area contributed by atoms with Gasteiger partial charge in [-0.3, -0.25) is 9.69 Å². The van der Waals surface area contributed by atoms with E-state index in [0.717, 1.165) is 50.9 Å². The van der Waals surface area contributed by atoms with Crippen molar-refractivity contribution >= 4 is 15.9 Å². The molecule has 0 saturated carbocycles. The van der Waals surface area contributed by atoms with Crippen LogP contribution in [0.1, 0.15) is 66.4 Å². The van der Waals surface area contributed by atoms with E-state index in [1.54, 1.807) is 10.4 Å². The maximum Gasteiger partial charge on any atom is 0.255 e. The van der Waals surface area contributed by atoms with Crippen molar-refractivity contribution in [2.75, 3.05) is 33.3 Å². The molecule has 8 heteroatoms. The fourth-order valence-corrected chi connectivity index (χ4v) is 6.51. The van der Waals surface area contributed by atoms with E-state index < -0.39 is 10.0 Å². The third kappa shape index (κ3) is 6.42. The van der Waals surface area contributed by atoms with E-state index in [4.69, 9.17) is 4.74 Å². The van der Waals surface area contributed by atoms with E-state index in [9.17, 15) is 13.2 Å². The molecule has 0 aromatic heterocycles. The molecule has 2 aromatic rings. The van der Waals surface area contributed by atoms with Crippen LogP contribution in [0.5, 0.6) is 5.75 Å². The minimum atomic E-state index is -3.66. The smallest absolute Gasteiger partial charge is 0.255 e. The molecule has 0 bridgehead atoms. The molecule has 4 rings (SSSR count). The van der Waals surface area contributed by atoms with Crippen LogP contribution in [0.2, 0.25) is 0 Å². The number of hydrogen-bond acceptors (Lipinski definition) is 5. The molecule has 0 aliphatic carbocycles. The monoisotopic (exact) mass is 499 g/mol. The van der Waals surface area contributed by atoms with Crippen LogP contribution in [-0.2, 0) is 23.1 Å². The number of hydrogen-bond donors (Lipinski definition) is 1. The summed E-state index contributed by atoms with van der Waals surface area (Å²) in [5.74, 6) is 0.0152. The molecule has 2 heterocycles. The number of nitrogens with one attached hydrogen (secondary N) is 1. The topological polar surface area (TPSA) is 79.0 Å². The largest absolute Gasteiger partial charge is 0.496 e. The van der Waals surface area contributed by atoms with E-state index in [1.165, 1.54) is 44.1 Å². The molecular formula is C27H37N3O4S. The van der Waals surface area contributed by atoms with Crippen LogP contribution in [0.4, 0.5) is 0 Å². The zero-order chi connectivity index (χ0) is 24.7. The molecule has 2 aromatic carbocycles. The number of rotatable bonds is 8. The van der Waals surface area contributed by atoms with Gasteiger partial charge in [0.15, 0.2) is 0 Å². The van der Waals surface area contributed by atoms with Gasteiger partial charge in [-0.2, -0.15) is 4.31 Å². The van der Waals surface area contributed by atoms with Crippen molar-refractivity contribution in [3.05, 3.63) is 59.2 Å². The quantitative estimate of drug-likeness (QED) is 0.590. The van der Waals surface area contributed by atoms with E-state index in [1.807, 2.05) is 18.2 Å². The summed E-state index contributed by atoms with van der Waals surface area (Å²) in [4.78, 5) is 15.8. The molecular weight excluding hydrogens is 462 g/mol. The lowest BCUT2D eigenvalue weighted by Crippen LogP contribution is -2.32. The molecule has 0 unspecified atom stereocenters. The minimum absolute atomic E-state index is 0.135. The lowest BCUT2D eigenvalue weighted by atomic mass is 10.0. The lowest BCUT2D eigenvalue weighted by Gasteiger charge is -2.27. The summed E-state index contributed by atoms with van der Waals surface area (Å²) in [6.07, 6.45) is 7.56. The van der Waals surface area contributed by atoms with Crippen LogP contribution in [0.25, 0.3) is 0 Å². The average molecular weight is 500 g/mol. The van der Waals surface area contributed by atoms with Crippen molar-refractivity contribution in [3.8, 4) is 5.75 Å². The summed E-state index contributed by atoms with van der Waals surface area (Å²) in [6.45, 7) is 4.49. The second-order valence-corrected chi connectivity index (χ2v) is 11.4. The maximum atomic E-state index is 13.3. The molecule has 0 atom stereocenters. The van der Waals surface area contributed by atoms with Crippen LogP contribution >= 0.6 is 0 Å². The van der Waals surface area contributed by atoms with Gasteiger partial charge in [-0.05, 0) is 68.1 Å². The molecule has 1 N–H and O–H groups in total. The van der Waals surface area contributed by atoms with Crippen LogP contribution in [0, 0.1) is 0 Å². The highest BCUT2D eigenvalue weighted by Gasteiger charge is 2.27. The Morgan fingerprint density at radius 2 is 1.51 bits per heavy atom.